The van der Waals surface area contributed by atoms with Crippen LogP contribution in [-0.2, 0) is 6.42 Å². The van der Waals surface area contributed by atoms with Gasteiger partial charge in [0.25, 0.3) is 5.56 Å². The van der Waals surface area contributed by atoms with Crippen molar-refractivity contribution >= 4 is 23.1 Å². The number of allylic oxidation sites excluding steroid dienone is 1. The molecule has 168 valence electrons. The van der Waals surface area contributed by atoms with Crippen LogP contribution in [0.4, 0.5) is 0 Å². The smallest absolute Gasteiger partial charge is 0.271 e. The normalized spacial score (nSPS) is 17.0. The summed E-state index contributed by atoms with van der Waals surface area (Å²) >= 11 is 1.45. The first-order chi connectivity index (χ1) is 16.6. The standard InChI is InChI=1S/C29H24N2O2S/c1-18-11-13-20(14-12-18)27-23-16-15-19-7-3-5-9-22(19)26(23)30-29-31(27)28(32)25(34-29)17-21-8-4-6-10-24(21)33-2/h3-14,17,27H,15-16H2,1-2H3. The van der Waals surface area contributed by atoms with Crippen molar-refractivity contribution in [3.05, 3.63) is 126 Å². The summed E-state index contributed by atoms with van der Waals surface area (Å²) in [6.45, 7) is 2.09. The predicted octanol–water partition coefficient (Wildman–Crippen LogP) is 4.64. The van der Waals surface area contributed by atoms with Gasteiger partial charge in [0.15, 0.2) is 4.80 Å². The molecule has 0 radical (unpaired) electrons. The minimum atomic E-state index is -0.153. The number of aromatic nitrogens is 1. The Bertz CT molecular complexity index is 1620. The Morgan fingerprint density at radius 3 is 2.59 bits per heavy atom. The highest BCUT2D eigenvalue weighted by molar-refractivity contribution is 7.07. The zero-order valence-electron chi connectivity index (χ0n) is 19.1. The minimum absolute atomic E-state index is 0.00867. The number of fused-ring (bicyclic) bond motifs is 3. The number of hydrogen-bond donors (Lipinski definition) is 0. The van der Waals surface area contributed by atoms with E-state index in [9.17, 15) is 4.79 Å². The van der Waals surface area contributed by atoms with Crippen molar-refractivity contribution in [3.8, 4) is 5.75 Å². The molecule has 0 bridgehead atoms. The summed E-state index contributed by atoms with van der Waals surface area (Å²) in [6, 6.07) is 24.7. The molecule has 1 aliphatic heterocycles. The van der Waals surface area contributed by atoms with Crippen LogP contribution >= 0.6 is 11.3 Å². The van der Waals surface area contributed by atoms with E-state index < -0.39 is 0 Å². The Balaban J connectivity index is 1.63. The second kappa shape index (κ2) is 8.26. The van der Waals surface area contributed by atoms with Crippen molar-refractivity contribution in [1.82, 2.24) is 4.57 Å². The van der Waals surface area contributed by atoms with Crippen LogP contribution in [0, 0.1) is 6.92 Å². The van der Waals surface area contributed by atoms with Gasteiger partial charge in [0.1, 0.15) is 5.75 Å². The van der Waals surface area contributed by atoms with Gasteiger partial charge >= 0.3 is 0 Å². The van der Waals surface area contributed by atoms with Crippen molar-refractivity contribution in [3.63, 3.8) is 0 Å². The fraction of sp³-hybridized carbons (Fsp3) is 0.172. The van der Waals surface area contributed by atoms with Crippen LogP contribution in [-0.4, -0.2) is 11.7 Å². The lowest BCUT2D eigenvalue weighted by molar-refractivity contribution is 0.414. The van der Waals surface area contributed by atoms with Crippen LogP contribution < -0.4 is 19.6 Å². The summed E-state index contributed by atoms with van der Waals surface area (Å²) in [5.41, 5.74) is 7.95. The van der Waals surface area contributed by atoms with Crippen LogP contribution in [0.25, 0.3) is 11.8 Å². The maximum Gasteiger partial charge on any atom is 0.271 e. The van der Waals surface area contributed by atoms with E-state index in [1.54, 1.807) is 7.11 Å². The van der Waals surface area contributed by atoms with Crippen molar-refractivity contribution in [2.45, 2.75) is 25.8 Å². The molecule has 0 saturated carbocycles. The highest BCUT2D eigenvalue weighted by atomic mass is 32.1. The van der Waals surface area contributed by atoms with Crippen LogP contribution in [0.5, 0.6) is 5.75 Å². The molecule has 4 aromatic rings. The minimum Gasteiger partial charge on any atom is -0.496 e. The van der Waals surface area contributed by atoms with E-state index >= 15 is 0 Å². The third-order valence-electron chi connectivity index (χ3n) is 6.69. The van der Waals surface area contributed by atoms with Gasteiger partial charge in [-0.3, -0.25) is 9.36 Å². The van der Waals surface area contributed by atoms with Crippen LogP contribution in [0.2, 0.25) is 0 Å². The molecule has 6 rings (SSSR count). The zero-order chi connectivity index (χ0) is 23.2. The van der Waals surface area contributed by atoms with Crippen LogP contribution in [0.15, 0.2) is 88.2 Å². The van der Waals surface area contributed by atoms with Gasteiger partial charge in [0, 0.05) is 11.1 Å². The third-order valence-corrected chi connectivity index (χ3v) is 7.67. The van der Waals surface area contributed by atoms with Crippen molar-refractivity contribution in [2.75, 3.05) is 7.11 Å². The summed E-state index contributed by atoms with van der Waals surface area (Å²) in [6.07, 6.45) is 3.77. The van der Waals surface area contributed by atoms with E-state index in [0.29, 0.717) is 4.53 Å². The Labute approximate surface area is 201 Å². The van der Waals surface area contributed by atoms with Gasteiger partial charge < -0.3 is 4.74 Å². The summed E-state index contributed by atoms with van der Waals surface area (Å²) in [7, 11) is 1.65. The summed E-state index contributed by atoms with van der Waals surface area (Å²) in [5, 5.41) is 0. The summed E-state index contributed by atoms with van der Waals surface area (Å²) in [4.78, 5) is 19.6. The molecule has 0 N–H and O–H groups in total. The van der Waals surface area contributed by atoms with E-state index in [0.717, 1.165) is 40.2 Å². The highest BCUT2D eigenvalue weighted by Crippen LogP contribution is 2.41. The number of ether oxygens (including phenoxy) is 1. The number of aryl methyl sites for hydroxylation is 2. The predicted molar refractivity (Wildman–Crippen MR) is 137 cm³/mol. The average molecular weight is 465 g/mol. The lowest BCUT2D eigenvalue weighted by Crippen LogP contribution is -2.38. The van der Waals surface area contributed by atoms with E-state index in [-0.39, 0.29) is 11.6 Å². The topological polar surface area (TPSA) is 43.6 Å². The molecule has 1 aromatic heterocycles. The number of hydrogen-bond acceptors (Lipinski definition) is 4. The van der Waals surface area contributed by atoms with Crippen molar-refractivity contribution in [1.29, 1.82) is 0 Å². The lowest BCUT2D eigenvalue weighted by atomic mass is 9.83. The molecule has 0 saturated heterocycles. The van der Waals surface area contributed by atoms with Gasteiger partial charge in [-0.2, -0.15) is 0 Å². The van der Waals surface area contributed by atoms with Gasteiger partial charge in [0.05, 0.1) is 23.4 Å². The van der Waals surface area contributed by atoms with Gasteiger partial charge in [-0.25, -0.2) is 4.99 Å². The second-order valence-electron chi connectivity index (χ2n) is 8.77. The molecule has 4 nitrogen and oxygen atoms in total. The molecule has 1 aliphatic carbocycles. The Morgan fingerprint density at radius 2 is 1.76 bits per heavy atom. The zero-order valence-corrected chi connectivity index (χ0v) is 19.9. The number of rotatable bonds is 3. The SMILES string of the molecule is COc1ccccc1C=c1sc2n(c1=O)C(c1ccc(C)cc1)C1=C(N=2)c2ccccc2CC1. The van der Waals surface area contributed by atoms with Crippen molar-refractivity contribution < 1.29 is 4.74 Å². The first kappa shape index (κ1) is 20.9. The van der Waals surface area contributed by atoms with Crippen LogP contribution in [0.1, 0.15) is 40.3 Å². The van der Waals surface area contributed by atoms with E-state index in [2.05, 4.69) is 55.5 Å². The summed E-state index contributed by atoms with van der Waals surface area (Å²) in [5.74, 6) is 0.747. The van der Waals surface area contributed by atoms with E-state index in [4.69, 9.17) is 9.73 Å². The molecule has 3 aromatic carbocycles. The molecular formula is C29H24N2O2S. The largest absolute Gasteiger partial charge is 0.496 e. The fourth-order valence-electron chi connectivity index (χ4n) is 5.00. The highest BCUT2D eigenvalue weighted by Gasteiger charge is 2.32. The average Bonchev–Trinajstić information content (AvgIpc) is 3.18. The monoisotopic (exact) mass is 464 g/mol. The molecule has 0 spiro atoms. The Kier molecular flexibility index (Phi) is 5.07. The Hall–Kier alpha value is -3.70. The maximum atomic E-state index is 13.8. The molecule has 2 aliphatic rings. The quantitative estimate of drug-likeness (QED) is 0.444. The molecule has 0 amide bonds. The second-order valence-corrected chi connectivity index (χ2v) is 9.78. The van der Waals surface area contributed by atoms with Gasteiger partial charge in [-0.05, 0) is 48.6 Å². The lowest BCUT2D eigenvalue weighted by Gasteiger charge is -2.30. The van der Waals surface area contributed by atoms with E-state index in [1.165, 1.54) is 33.6 Å². The van der Waals surface area contributed by atoms with Gasteiger partial charge in [-0.15, -0.1) is 0 Å². The molecule has 5 heteroatoms. The number of para-hydroxylation sites is 1. The maximum absolute atomic E-state index is 13.8. The first-order valence-electron chi connectivity index (χ1n) is 11.5. The van der Waals surface area contributed by atoms with Crippen molar-refractivity contribution in [2.24, 2.45) is 4.99 Å². The fourth-order valence-corrected chi connectivity index (χ4v) is 5.99. The van der Waals surface area contributed by atoms with Gasteiger partial charge in [-0.1, -0.05) is 83.6 Å². The number of methoxy groups -OCH3 is 1. The molecule has 34 heavy (non-hydrogen) atoms. The van der Waals surface area contributed by atoms with Crippen LogP contribution in [0.3, 0.4) is 0 Å². The Morgan fingerprint density at radius 1 is 1.00 bits per heavy atom. The van der Waals surface area contributed by atoms with Gasteiger partial charge in [0.2, 0.25) is 0 Å². The summed E-state index contributed by atoms with van der Waals surface area (Å²) < 4.78 is 8.06. The van der Waals surface area contributed by atoms with E-state index in [1.807, 2.05) is 34.9 Å². The molecular weight excluding hydrogens is 440 g/mol. The number of nitrogens with zero attached hydrogens (tertiary/aromatic N) is 2. The first-order valence-corrected chi connectivity index (χ1v) is 12.3. The third kappa shape index (κ3) is 3.35. The molecule has 0 fully saturated rings. The number of benzene rings is 3. The molecule has 2 heterocycles. The number of thiazole rings is 1. The molecule has 1 unspecified atom stereocenters. The molecule has 1 atom stereocenters.